The average Bonchev–Trinajstić information content (AvgIpc) is 3.22. The van der Waals surface area contributed by atoms with Gasteiger partial charge in [-0.15, -0.1) is 0 Å². The molecule has 5 N–H and O–H groups in total. The third kappa shape index (κ3) is 7.31. The minimum absolute atomic E-state index is 0.306. The highest BCUT2D eigenvalue weighted by Gasteiger charge is 2.23. The third-order valence-corrected chi connectivity index (χ3v) is 6.38. The van der Waals surface area contributed by atoms with Gasteiger partial charge in [-0.2, -0.15) is 5.10 Å². The van der Waals surface area contributed by atoms with E-state index in [4.69, 9.17) is 11.5 Å². The van der Waals surface area contributed by atoms with E-state index >= 15 is 0 Å². The van der Waals surface area contributed by atoms with Crippen LogP contribution in [0, 0.1) is 5.41 Å². The normalized spacial score (nSPS) is 13.8. The number of nitrogens with zero attached hydrogens (tertiary/aromatic N) is 3. The van der Waals surface area contributed by atoms with Crippen molar-refractivity contribution in [1.29, 1.82) is 0 Å². The number of hydrogen-bond acceptors (Lipinski definition) is 4. The Kier molecular flexibility index (Phi) is 9.87. The number of nitrogens with one attached hydrogen (secondary N) is 1. The van der Waals surface area contributed by atoms with E-state index in [-0.39, 0.29) is 0 Å². The standard InChI is InChI=1S/C19H22N6O.C7H14.C2H6/c20-18-17-15(12-6-8-14(9-7-12)24-19(21)26)10-16(25(17)23-11-22-18)13-4-2-1-3-5-13;1-6(2)7(3,4)5;1-2/h6-11,13H,1-5H2,(H2,20,22,23)(H3,21,24,26);1H2,2-5H3;1-2H3. The second-order valence-corrected chi connectivity index (χ2v) is 9.82. The Morgan fingerprint density at radius 3 is 2.20 bits per heavy atom. The number of rotatable bonds is 3. The summed E-state index contributed by atoms with van der Waals surface area (Å²) in [6.45, 7) is 16.4. The van der Waals surface area contributed by atoms with Crippen LogP contribution < -0.4 is 16.8 Å². The van der Waals surface area contributed by atoms with Gasteiger partial charge in [0.1, 0.15) is 11.8 Å². The van der Waals surface area contributed by atoms with Gasteiger partial charge in [0.25, 0.3) is 0 Å². The van der Waals surface area contributed by atoms with Crippen LogP contribution in [0.15, 0.2) is 48.8 Å². The molecule has 4 rings (SSSR count). The first-order valence-electron chi connectivity index (χ1n) is 12.5. The summed E-state index contributed by atoms with van der Waals surface area (Å²) in [5.74, 6) is 0.964. The summed E-state index contributed by atoms with van der Waals surface area (Å²) in [4.78, 5) is 15.2. The summed E-state index contributed by atoms with van der Waals surface area (Å²) < 4.78 is 1.95. The van der Waals surface area contributed by atoms with Crippen LogP contribution in [0.1, 0.15) is 85.3 Å². The van der Waals surface area contributed by atoms with Gasteiger partial charge in [-0.3, -0.25) is 0 Å². The topological polar surface area (TPSA) is 111 Å². The van der Waals surface area contributed by atoms with Gasteiger partial charge in [-0.25, -0.2) is 14.3 Å². The maximum Gasteiger partial charge on any atom is 0.316 e. The van der Waals surface area contributed by atoms with Crippen molar-refractivity contribution in [1.82, 2.24) is 14.6 Å². The molecule has 1 saturated carbocycles. The number of allylic oxidation sites excluding steroid dienone is 1. The van der Waals surface area contributed by atoms with E-state index in [1.54, 1.807) is 0 Å². The largest absolute Gasteiger partial charge is 0.382 e. The number of primary amides is 1. The molecule has 0 aliphatic heterocycles. The van der Waals surface area contributed by atoms with E-state index in [9.17, 15) is 4.79 Å². The zero-order valence-electron chi connectivity index (χ0n) is 22.2. The van der Waals surface area contributed by atoms with Gasteiger partial charge in [0.2, 0.25) is 0 Å². The van der Waals surface area contributed by atoms with Crippen molar-refractivity contribution in [3.8, 4) is 11.1 Å². The number of nitrogen functional groups attached to an aromatic ring is 1. The number of fused-ring (bicyclic) bond motifs is 1. The van der Waals surface area contributed by atoms with Gasteiger partial charge in [-0.1, -0.05) is 78.2 Å². The Balaban J connectivity index is 0.000000416. The van der Waals surface area contributed by atoms with Crippen molar-refractivity contribution in [3.63, 3.8) is 0 Å². The van der Waals surface area contributed by atoms with Crippen LogP contribution >= 0.6 is 0 Å². The van der Waals surface area contributed by atoms with E-state index in [0.29, 0.717) is 22.8 Å². The van der Waals surface area contributed by atoms with Crippen molar-refractivity contribution < 1.29 is 4.79 Å². The average molecular weight is 479 g/mol. The summed E-state index contributed by atoms with van der Waals surface area (Å²) in [6, 6.07) is 9.14. The number of nitrogens with two attached hydrogens (primary N) is 2. The molecule has 2 heterocycles. The summed E-state index contributed by atoms with van der Waals surface area (Å²) >= 11 is 0. The second kappa shape index (κ2) is 12.4. The molecule has 7 heteroatoms. The number of carbonyl (C=O) groups excluding carboxylic acids is 1. The lowest BCUT2D eigenvalue weighted by molar-refractivity contribution is 0.259. The fourth-order valence-corrected chi connectivity index (χ4v) is 3.88. The molecule has 2 amide bonds. The van der Waals surface area contributed by atoms with E-state index in [2.05, 4.69) is 55.7 Å². The van der Waals surface area contributed by atoms with Gasteiger partial charge in [-0.05, 0) is 48.9 Å². The van der Waals surface area contributed by atoms with Crippen molar-refractivity contribution in [3.05, 3.63) is 54.5 Å². The molecular weight excluding hydrogens is 436 g/mol. The molecule has 190 valence electrons. The Morgan fingerprint density at radius 1 is 1.11 bits per heavy atom. The van der Waals surface area contributed by atoms with Gasteiger partial charge in [0, 0.05) is 22.9 Å². The molecule has 0 radical (unpaired) electrons. The Hall–Kier alpha value is -3.35. The molecule has 1 fully saturated rings. The maximum atomic E-state index is 11.0. The van der Waals surface area contributed by atoms with Crippen LogP contribution in [-0.4, -0.2) is 20.6 Å². The Bertz CT molecular complexity index is 1120. The van der Waals surface area contributed by atoms with Crippen molar-refractivity contribution in [2.24, 2.45) is 11.1 Å². The predicted octanol–water partition coefficient (Wildman–Crippen LogP) is 7.15. The zero-order chi connectivity index (χ0) is 26.2. The van der Waals surface area contributed by atoms with Gasteiger partial charge >= 0.3 is 6.03 Å². The fourth-order valence-electron chi connectivity index (χ4n) is 3.88. The molecular formula is C28H42N6O. The molecule has 0 spiro atoms. The third-order valence-electron chi connectivity index (χ3n) is 6.38. The van der Waals surface area contributed by atoms with Crippen LogP contribution in [0.4, 0.5) is 16.3 Å². The van der Waals surface area contributed by atoms with Gasteiger partial charge < -0.3 is 16.8 Å². The molecule has 0 saturated heterocycles. The number of benzene rings is 1. The van der Waals surface area contributed by atoms with Crippen molar-refractivity contribution in [2.75, 3.05) is 11.1 Å². The fraction of sp³-hybridized carbons (Fsp3) is 0.464. The van der Waals surface area contributed by atoms with Crippen LogP contribution in [-0.2, 0) is 0 Å². The summed E-state index contributed by atoms with van der Waals surface area (Å²) in [7, 11) is 0. The summed E-state index contributed by atoms with van der Waals surface area (Å²) in [5, 5.41) is 7.05. The predicted molar refractivity (Wildman–Crippen MR) is 147 cm³/mol. The molecule has 7 nitrogen and oxygen atoms in total. The summed E-state index contributed by atoms with van der Waals surface area (Å²) in [6.07, 6.45) is 7.67. The number of aromatic nitrogens is 3. The van der Waals surface area contributed by atoms with E-state index in [1.165, 1.54) is 49.7 Å². The zero-order valence-corrected chi connectivity index (χ0v) is 22.2. The highest BCUT2D eigenvalue weighted by Crippen LogP contribution is 2.38. The van der Waals surface area contributed by atoms with Gasteiger partial charge in [0.15, 0.2) is 5.82 Å². The number of carbonyl (C=O) groups is 1. The molecule has 1 aliphatic carbocycles. The van der Waals surface area contributed by atoms with E-state index in [1.807, 2.05) is 42.6 Å². The van der Waals surface area contributed by atoms with E-state index in [0.717, 1.165) is 16.6 Å². The van der Waals surface area contributed by atoms with Crippen LogP contribution in [0.25, 0.3) is 16.6 Å². The van der Waals surface area contributed by atoms with E-state index < -0.39 is 6.03 Å². The number of anilines is 2. The molecule has 3 aromatic rings. The minimum Gasteiger partial charge on any atom is -0.382 e. The quantitative estimate of drug-likeness (QED) is 0.347. The smallest absolute Gasteiger partial charge is 0.316 e. The lowest BCUT2D eigenvalue weighted by atomic mass is 9.87. The Labute approximate surface area is 210 Å². The molecule has 1 aliphatic rings. The van der Waals surface area contributed by atoms with Crippen molar-refractivity contribution >= 4 is 23.1 Å². The molecule has 2 aromatic heterocycles. The maximum absolute atomic E-state index is 11.0. The first-order chi connectivity index (χ1) is 16.6. The van der Waals surface area contributed by atoms with Gasteiger partial charge in [0.05, 0.1) is 0 Å². The highest BCUT2D eigenvalue weighted by molar-refractivity contribution is 5.91. The number of hydrogen-bond donors (Lipinski definition) is 3. The molecule has 0 unspecified atom stereocenters. The molecule has 0 atom stereocenters. The molecule has 0 bridgehead atoms. The van der Waals surface area contributed by atoms with Crippen LogP contribution in [0.2, 0.25) is 0 Å². The number of urea groups is 1. The number of amides is 2. The SMILES string of the molecule is C=C(C)C(C)(C)C.CC.NC(=O)Nc1ccc(-c2cc(C3CCCCC3)n3ncnc(N)c23)cc1. The lowest BCUT2D eigenvalue weighted by Crippen LogP contribution is -2.19. The van der Waals surface area contributed by atoms with Crippen molar-refractivity contribution in [2.45, 2.75) is 79.6 Å². The van der Waals surface area contributed by atoms with Crippen LogP contribution in [0.5, 0.6) is 0 Å². The Morgan fingerprint density at radius 2 is 1.69 bits per heavy atom. The molecule has 35 heavy (non-hydrogen) atoms. The monoisotopic (exact) mass is 478 g/mol. The first-order valence-corrected chi connectivity index (χ1v) is 12.5. The lowest BCUT2D eigenvalue weighted by Gasteiger charge is -2.21. The second-order valence-electron chi connectivity index (χ2n) is 9.82. The summed E-state index contributed by atoms with van der Waals surface area (Å²) in [5.41, 5.74) is 17.6. The first kappa shape index (κ1) is 27.9. The van der Waals surface area contributed by atoms with Crippen LogP contribution in [0.3, 0.4) is 0 Å². The minimum atomic E-state index is -0.579. The molecule has 1 aromatic carbocycles. The highest BCUT2D eigenvalue weighted by atomic mass is 16.2.